The van der Waals surface area contributed by atoms with Gasteiger partial charge in [-0.3, -0.25) is 4.79 Å². The van der Waals surface area contributed by atoms with Gasteiger partial charge in [-0.25, -0.2) is 0 Å². The molecule has 1 unspecified atom stereocenters. The SMILES string of the molecule is O=c1cccc2n1C[C@@H]1CC2CN(C(=S)Nc2cccc3ccccc23)C1. The number of hydrogen-bond acceptors (Lipinski definition) is 2. The van der Waals surface area contributed by atoms with Crippen LogP contribution in [0.2, 0.25) is 0 Å². The first-order valence-electron chi connectivity index (χ1n) is 9.42. The highest BCUT2D eigenvalue weighted by molar-refractivity contribution is 7.80. The third kappa shape index (κ3) is 2.92. The van der Waals surface area contributed by atoms with Gasteiger partial charge in [-0.1, -0.05) is 42.5 Å². The van der Waals surface area contributed by atoms with Gasteiger partial charge in [0.15, 0.2) is 5.11 Å². The number of thiocarbonyl (C=S) groups is 1. The molecule has 2 atom stereocenters. The predicted octanol–water partition coefficient (Wildman–Crippen LogP) is 3.82. The number of pyridine rings is 1. The number of piperidine rings is 1. The molecule has 0 aliphatic carbocycles. The molecule has 0 saturated carbocycles. The summed E-state index contributed by atoms with van der Waals surface area (Å²) in [5.41, 5.74) is 2.31. The maximum Gasteiger partial charge on any atom is 0.250 e. The lowest BCUT2D eigenvalue weighted by atomic mass is 9.83. The van der Waals surface area contributed by atoms with Crippen molar-refractivity contribution in [3.05, 3.63) is 76.7 Å². The summed E-state index contributed by atoms with van der Waals surface area (Å²) in [6.45, 7) is 2.54. The molecular formula is C22H21N3OS. The van der Waals surface area contributed by atoms with E-state index in [1.54, 1.807) is 6.07 Å². The summed E-state index contributed by atoms with van der Waals surface area (Å²) in [7, 11) is 0. The van der Waals surface area contributed by atoms with Gasteiger partial charge in [-0.15, -0.1) is 0 Å². The highest BCUT2D eigenvalue weighted by Gasteiger charge is 2.35. The van der Waals surface area contributed by atoms with Gasteiger partial charge >= 0.3 is 0 Å². The third-order valence-corrected chi connectivity index (χ3v) is 6.16. The second-order valence-corrected chi connectivity index (χ2v) is 7.95. The van der Waals surface area contributed by atoms with Crippen molar-refractivity contribution in [2.75, 3.05) is 18.4 Å². The molecule has 1 N–H and O–H groups in total. The average Bonchev–Trinajstić information content (AvgIpc) is 2.69. The molecule has 0 spiro atoms. The molecular weight excluding hydrogens is 354 g/mol. The molecule has 3 aromatic rings. The number of rotatable bonds is 1. The number of nitrogens with zero attached hydrogens (tertiary/aromatic N) is 2. The quantitative estimate of drug-likeness (QED) is 0.656. The molecule has 0 amide bonds. The van der Waals surface area contributed by atoms with Gasteiger partial charge in [0, 0.05) is 48.4 Å². The van der Waals surface area contributed by atoms with Crippen molar-refractivity contribution in [2.45, 2.75) is 18.9 Å². The Kier molecular flexibility index (Phi) is 3.97. The van der Waals surface area contributed by atoms with Crippen LogP contribution in [0.25, 0.3) is 10.8 Å². The van der Waals surface area contributed by atoms with E-state index in [-0.39, 0.29) is 5.56 Å². The van der Waals surface area contributed by atoms with Crippen molar-refractivity contribution < 1.29 is 0 Å². The second-order valence-electron chi connectivity index (χ2n) is 7.56. The third-order valence-electron chi connectivity index (χ3n) is 5.80. The fourth-order valence-corrected chi connectivity index (χ4v) is 4.85. The molecule has 27 heavy (non-hydrogen) atoms. The highest BCUT2D eigenvalue weighted by Crippen LogP contribution is 2.35. The zero-order chi connectivity index (χ0) is 18.4. The Balaban J connectivity index is 1.40. The van der Waals surface area contributed by atoms with Gasteiger partial charge in [-0.2, -0.15) is 0 Å². The molecule has 3 heterocycles. The Bertz CT molecular complexity index is 1080. The van der Waals surface area contributed by atoms with Gasteiger partial charge < -0.3 is 14.8 Å². The van der Waals surface area contributed by atoms with Crippen LogP contribution in [0.1, 0.15) is 18.0 Å². The van der Waals surface area contributed by atoms with Crippen LogP contribution in [0.15, 0.2) is 65.5 Å². The lowest BCUT2D eigenvalue weighted by molar-refractivity contribution is 0.180. The van der Waals surface area contributed by atoms with E-state index < -0.39 is 0 Å². The minimum absolute atomic E-state index is 0.118. The Labute approximate surface area is 163 Å². The number of anilines is 1. The van der Waals surface area contributed by atoms with Gasteiger partial charge in [0.1, 0.15) is 0 Å². The first kappa shape index (κ1) is 16.5. The Morgan fingerprint density at radius 2 is 1.78 bits per heavy atom. The summed E-state index contributed by atoms with van der Waals surface area (Å²) in [6, 6.07) is 20.2. The number of likely N-dealkylation sites (tertiary alicyclic amines) is 1. The lowest BCUT2D eigenvalue weighted by Gasteiger charge is -2.43. The fraction of sp³-hybridized carbons (Fsp3) is 0.273. The Hall–Kier alpha value is -2.66. The largest absolute Gasteiger partial charge is 0.348 e. The highest BCUT2D eigenvalue weighted by atomic mass is 32.1. The molecule has 2 bridgehead atoms. The van der Waals surface area contributed by atoms with E-state index in [0.29, 0.717) is 11.8 Å². The van der Waals surface area contributed by atoms with Gasteiger partial charge in [0.2, 0.25) is 0 Å². The maximum atomic E-state index is 12.2. The average molecular weight is 375 g/mol. The minimum atomic E-state index is 0.118. The monoisotopic (exact) mass is 375 g/mol. The Morgan fingerprint density at radius 3 is 2.70 bits per heavy atom. The summed E-state index contributed by atoms with van der Waals surface area (Å²) >= 11 is 5.77. The molecule has 1 aromatic heterocycles. The van der Waals surface area contributed by atoms with Crippen molar-refractivity contribution >= 4 is 33.8 Å². The zero-order valence-corrected chi connectivity index (χ0v) is 15.8. The molecule has 2 aliphatic rings. The number of nitrogens with one attached hydrogen (secondary N) is 1. The standard InChI is InChI=1S/C22H21N3OS/c26-21-10-4-9-20-17-11-15(13-25(20)21)12-24(14-17)22(27)23-19-8-3-6-16-5-1-2-7-18(16)19/h1-10,15,17H,11-14H2,(H,23,27)/t15-,17?/m1/s1. The van der Waals surface area contributed by atoms with Crippen LogP contribution in [0.3, 0.4) is 0 Å². The molecule has 0 radical (unpaired) electrons. The van der Waals surface area contributed by atoms with Gasteiger partial charge in [0.25, 0.3) is 5.56 Å². The Morgan fingerprint density at radius 1 is 0.963 bits per heavy atom. The van der Waals surface area contributed by atoms with E-state index in [2.05, 4.69) is 58.7 Å². The zero-order valence-electron chi connectivity index (χ0n) is 15.0. The molecule has 1 fully saturated rings. The minimum Gasteiger partial charge on any atom is -0.348 e. The van der Waals surface area contributed by atoms with Crippen LogP contribution in [-0.4, -0.2) is 27.7 Å². The van der Waals surface area contributed by atoms with Crippen LogP contribution >= 0.6 is 12.2 Å². The van der Waals surface area contributed by atoms with Crippen LogP contribution < -0.4 is 10.9 Å². The van der Waals surface area contributed by atoms with Gasteiger partial charge in [-0.05, 0) is 42.1 Å². The first-order chi connectivity index (χ1) is 13.2. The van der Waals surface area contributed by atoms with E-state index in [1.165, 1.54) is 10.8 Å². The summed E-state index contributed by atoms with van der Waals surface area (Å²) < 4.78 is 1.96. The van der Waals surface area contributed by atoms with E-state index in [0.717, 1.165) is 42.5 Å². The lowest BCUT2D eigenvalue weighted by Crippen LogP contribution is -2.50. The first-order valence-corrected chi connectivity index (χ1v) is 9.83. The van der Waals surface area contributed by atoms with Crippen molar-refractivity contribution in [1.29, 1.82) is 0 Å². The molecule has 1 saturated heterocycles. The van der Waals surface area contributed by atoms with E-state index >= 15 is 0 Å². The summed E-state index contributed by atoms with van der Waals surface area (Å²) in [4.78, 5) is 14.5. The number of benzene rings is 2. The topological polar surface area (TPSA) is 37.3 Å². The number of aromatic nitrogens is 1. The van der Waals surface area contributed by atoms with Crippen molar-refractivity contribution in [2.24, 2.45) is 5.92 Å². The molecule has 5 heteroatoms. The fourth-order valence-electron chi connectivity index (χ4n) is 4.59. The normalized spacial score (nSPS) is 21.0. The van der Waals surface area contributed by atoms with E-state index in [9.17, 15) is 4.79 Å². The summed E-state index contributed by atoms with van der Waals surface area (Å²) in [5, 5.41) is 6.62. The summed E-state index contributed by atoms with van der Waals surface area (Å²) in [6.07, 6.45) is 1.14. The van der Waals surface area contributed by atoms with Crippen molar-refractivity contribution in [3.8, 4) is 0 Å². The van der Waals surface area contributed by atoms with Crippen LogP contribution in [0.4, 0.5) is 5.69 Å². The maximum absolute atomic E-state index is 12.2. The summed E-state index contributed by atoms with van der Waals surface area (Å²) in [5.74, 6) is 0.822. The van der Waals surface area contributed by atoms with Gasteiger partial charge in [0.05, 0.1) is 0 Å². The molecule has 4 nitrogen and oxygen atoms in total. The number of fused-ring (bicyclic) bond motifs is 5. The van der Waals surface area contributed by atoms with E-state index in [1.807, 2.05) is 10.6 Å². The smallest absolute Gasteiger partial charge is 0.250 e. The number of hydrogen-bond donors (Lipinski definition) is 1. The van der Waals surface area contributed by atoms with Crippen molar-refractivity contribution in [3.63, 3.8) is 0 Å². The van der Waals surface area contributed by atoms with Crippen LogP contribution in [0, 0.1) is 5.92 Å². The van der Waals surface area contributed by atoms with E-state index in [4.69, 9.17) is 12.2 Å². The molecule has 5 rings (SSSR count). The second kappa shape index (κ2) is 6.50. The predicted molar refractivity (Wildman–Crippen MR) is 113 cm³/mol. The van der Waals surface area contributed by atoms with Crippen molar-refractivity contribution in [1.82, 2.24) is 9.47 Å². The van der Waals surface area contributed by atoms with Crippen LogP contribution in [0.5, 0.6) is 0 Å². The molecule has 2 aliphatic heterocycles. The molecule has 136 valence electrons. The molecule has 2 aromatic carbocycles. The van der Waals surface area contributed by atoms with Crippen LogP contribution in [-0.2, 0) is 6.54 Å².